The van der Waals surface area contributed by atoms with Gasteiger partial charge in [-0.3, -0.25) is 4.79 Å². The number of rotatable bonds is 3. The molecule has 1 heterocycles. The number of ketones is 1. The molecule has 0 saturated heterocycles. The highest BCUT2D eigenvalue weighted by atomic mass is 32.2. The van der Waals surface area contributed by atoms with Crippen molar-refractivity contribution >= 4 is 21.5 Å². The number of sulfonamides is 1. The van der Waals surface area contributed by atoms with Crippen molar-refractivity contribution in [3.05, 3.63) is 58.7 Å². The monoisotopic (exact) mass is 388 g/mol. The van der Waals surface area contributed by atoms with Crippen LogP contribution in [0, 0.1) is 0 Å². The van der Waals surface area contributed by atoms with Crippen LogP contribution in [0.3, 0.4) is 0 Å². The molecule has 0 fully saturated rings. The predicted molar refractivity (Wildman–Crippen MR) is 99.9 cm³/mol. The van der Waals surface area contributed by atoms with E-state index in [1.54, 1.807) is 24.3 Å². The van der Waals surface area contributed by atoms with Crippen molar-refractivity contribution in [2.75, 3.05) is 12.0 Å². The van der Waals surface area contributed by atoms with Gasteiger partial charge in [0.05, 0.1) is 11.8 Å². The van der Waals surface area contributed by atoms with Crippen LogP contribution >= 0.6 is 0 Å². The molecule has 4 rings (SSSR count). The van der Waals surface area contributed by atoms with Crippen LogP contribution in [0.2, 0.25) is 0 Å². The fourth-order valence-electron chi connectivity index (χ4n) is 3.99. The summed E-state index contributed by atoms with van der Waals surface area (Å²) in [6, 6.07) is 9.77. The summed E-state index contributed by atoms with van der Waals surface area (Å²) in [6.07, 6.45) is 0.933. The lowest BCUT2D eigenvalue weighted by molar-refractivity contribution is -0.166. The van der Waals surface area contributed by atoms with Crippen LogP contribution < -0.4 is 15.2 Å². The fourth-order valence-corrected chi connectivity index (χ4v) is 4.88. The molecule has 0 bridgehead atoms. The van der Waals surface area contributed by atoms with E-state index in [1.165, 1.54) is 12.1 Å². The number of carbonyl (C=O) groups is 1. The van der Waals surface area contributed by atoms with Crippen molar-refractivity contribution in [2.24, 2.45) is 0 Å². The predicted octanol–water partition coefficient (Wildman–Crippen LogP) is 1.57. The molecular weight excluding hydrogens is 368 g/mol. The Bertz CT molecular complexity index is 1100. The zero-order valence-electron chi connectivity index (χ0n) is 15.1. The van der Waals surface area contributed by atoms with Gasteiger partial charge in [-0.1, -0.05) is 38.1 Å². The molecule has 2 unspecified atom stereocenters. The van der Waals surface area contributed by atoms with Gasteiger partial charge in [-0.2, -0.15) is 4.72 Å². The van der Waals surface area contributed by atoms with Crippen molar-refractivity contribution in [1.29, 1.82) is 0 Å². The Kier molecular flexibility index (Phi) is 3.53. The summed E-state index contributed by atoms with van der Waals surface area (Å²) in [5.74, 6) is -2.41. The van der Waals surface area contributed by atoms with Gasteiger partial charge in [0.2, 0.25) is 10.0 Å². The van der Waals surface area contributed by atoms with E-state index in [2.05, 4.69) is 4.72 Å². The van der Waals surface area contributed by atoms with Gasteiger partial charge in [0.25, 0.3) is 5.79 Å². The van der Waals surface area contributed by atoms with Crippen molar-refractivity contribution in [3.63, 3.8) is 0 Å². The molecule has 2 aromatic carbocycles. The van der Waals surface area contributed by atoms with E-state index < -0.39 is 27.1 Å². The molecule has 0 spiro atoms. The SMILES string of the molecule is CC(C)c1ccc2c(c1)OC1(O)c3cccc(N)c3C(=O)C21NS(C)(=O)=O. The Labute approximate surface area is 157 Å². The van der Waals surface area contributed by atoms with E-state index in [9.17, 15) is 18.3 Å². The average Bonchev–Trinajstić information content (AvgIpc) is 2.91. The molecule has 4 N–H and O–H groups in total. The molecule has 0 aromatic heterocycles. The Hall–Kier alpha value is -2.42. The van der Waals surface area contributed by atoms with Crippen molar-refractivity contribution in [3.8, 4) is 5.75 Å². The number of hydrogen-bond donors (Lipinski definition) is 3. The maximum absolute atomic E-state index is 13.4. The number of nitrogens with one attached hydrogen (secondary N) is 1. The van der Waals surface area contributed by atoms with Crippen molar-refractivity contribution in [1.82, 2.24) is 4.72 Å². The van der Waals surface area contributed by atoms with Gasteiger partial charge in [-0.15, -0.1) is 0 Å². The lowest BCUT2D eigenvalue weighted by Crippen LogP contribution is -2.59. The minimum Gasteiger partial charge on any atom is -0.455 e. The van der Waals surface area contributed by atoms with Gasteiger partial charge in [0.1, 0.15) is 5.75 Å². The second-order valence-electron chi connectivity index (χ2n) is 7.38. The first-order valence-electron chi connectivity index (χ1n) is 8.50. The third-order valence-electron chi connectivity index (χ3n) is 5.21. The van der Waals surface area contributed by atoms with Crippen molar-refractivity contribution in [2.45, 2.75) is 31.1 Å². The third kappa shape index (κ3) is 2.20. The quantitative estimate of drug-likeness (QED) is 0.687. The number of nitrogens with two attached hydrogens (primary N) is 1. The molecule has 7 nitrogen and oxygen atoms in total. The minimum atomic E-state index is -3.89. The van der Waals surface area contributed by atoms with Crippen LogP contribution in [-0.4, -0.2) is 25.6 Å². The van der Waals surface area contributed by atoms with Crippen LogP contribution in [0.4, 0.5) is 5.69 Å². The van der Waals surface area contributed by atoms with E-state index >= 15 is 0 Å². The summed E-state index contributed by atoms with van der Waals surface area (Å²) in [5.41, 5.74) is 5.50. The maximum atomic E-state index is 13.4. The molecule has 142 valence electrons. The highest BCUT2D eigenvalue weighted by Gasteiger charge is 2.72. The fraction of sp³-hybridized carbons (Fsp3) is 0.316. The number of aliphatic hydroxyl groups is 1. The molecule has 0 radical (unpaired) electrons. The van der Waals surface area contributed by atoms with Gasteiger partial charge in [0.15, 0.2) is 11.3 Å². The van der Waals surface area contributed by atoms with E-state index in [4.69, 9.17) is 10.5 Å². The van der Waals surface area contributed by atoms with E-state index in [1.807, 2.05) is 13.8 Å². The number of fused-ring (bicyclic) bond motifs is 5. The summed E-state index contributed by atoms with van der Waals surface area (Å²) in [5, 5.41) is 11.5. The van der Waals surface area contributed by atoms with Gasteiger partial charge in [-0.25, -0.2) is 8.42 Å². The molecular formula is C19H20N2O5S. The highest BCUT2D eigenvalue weighted by molar-refractivity contribution is 7.88. The third-order valence-corrected chi connectivity index (χ3v) is 5.89. The zero-order chi connectivity index (χ0) is 19.8. The average molecular weight is 388 g/mol. The molecule has 27 heavy (non-hydrogen) atoms. The Morgan fingerprint density at radius 2 is 1.89 bits per heavy atom. The standard InChI is InChI=1S/C19H20N2O5S/c1-10(2)11-7-8-12-15(9-11)26-19(23)13-5-4-6-14(20)16(13)17(22)18(12,19)21-27(3,24)25/h4-10,21,23H,20H2,1-3H3. The second-order valence-corrected chi connectivity index (χ2v) is 9.13. The number of ether oxygens (including phenoxy) is 1. The largest absolute Gasteiger partial charge is 0.455 e. The second kappa shape index (κ2) is 5.31. The maximum Gasteiger partial charge on any atom is 0.267 e. The smallest absolute Gasteiger partial charge is 0.267 e. The molecule has 1 aliphatic carbocycles. The first-order chi connectivity index (χ1) is 12.5. The lowest BCUT2D eigenvalue weighted by atomic mass is 9.83. The number of nitrogen functional groups attached to an aromatic ring is 1. The van der Waals surface area contributed by atoms with E-state index in [0.717, 1.165) is 11.8 Å². The molecule has 2 aromatic rings. The summed E-state index contributed by atoms with van der Waals surface area (Å²) in [4.78, 5) is 13.4. The molecule has 1 aliphatic heterocycles. The van der Waals surface area contributed by atoms with Crippen LogP contribution in [0.1, 0.15) is 46.8 Å². The number of carbonyl (C=O) groups excluding carboxylic acids is 1. The van der Waals surface area contributed by atoms with Gasteiger partial charge in [0, 0.05) is 16.8 Å². The molecule has 2 atom stereocenters. The zero-order valence-corrected chi connectivity index (χ0v) is 15.9. The van der Waals surface area contributed by atoms with Crippen LogP contribution in [-0.2, 0) is 21.3 Å². The van der Waals surface area contributed by atoms with Crippen molar-refractivity contribution < 1.29 is 23.1 Å². The van der Waals surface area contributed by atoms with Crippen LogP contribution in [0.15, 0.2) is 36.4 Å². The lowest BCUT2D eigenvalue weighted by Gasteiger charge is -2.33. The van der Waals surface area contributed by atoms with Gasteiger partial charge >= 0.3 is 0 Å². The number of hydrogen-bond acceptors (Lipinski definition) is 6. The summed E-state index contributed by atoms with van der Waals surface area (Å²) in [7, 11) is -3.89. The highest BCUT2D eigenvalue weighted by Crippen LogP contribution is 2.59. The molecule has 8 heteroatoms. The number of benzene rings is 2. The molecule has 2 aliphatic rings. The van der Waals surface area contributed by atoms with Crippen LogP contribution in [0.5, 0.6) is 5.75 Å². The first kappa shape index (κ1) is 18.0. The van der Waals surface area contributed by atoms with Crippen LogP contribution in [0.25, 0.3) is 0 Å². The topological polar surface area (TPSA) is 119 Å². The first-order valence-corrected chi connectivity index (χ1v) is 10.4. The van der Waals surface area contributed by atoms with E-state index in [-0.39, 0.29) is 34.0 Å². The Morgan fingerprint density at radius 1 is 1.19 bits per heavy atom. The summed E-state index contributed by atoms with van der Waals surface area (Å²) in [6.45, 7) is 4.00. The molecule has 0 saturated carbocycles. The number of anilines is 1. The minimum absolute atomic E-state index is 0.0646. The summed E-state index contributed by atoms with van der Waals surface area (Å²) < 4.78 is 32.6. The molecule has 0 amide bonds. The van der Waals surface area contributed by atoms with Gasteiger partial charge in [-0.05, 0) is 23.6 Å². The Balaban J connectivity index is 2.06. The Morgan fingerprint density at radius 3 is 2.52 bits per heavy atom. The normalized spacial score (nSPS) is 25.9. The number of Topliss-reactive ketones (excluding diaryl/α,β-unsaturated/α-hetero) is 1. The summed E-state index contributed by atoms with van der Waals surface area (Å²) >= 11 is 0. The van der Waals surface area contributed by atoms with E-state index in [0.29, 0.717) is 0 Å². The van der Waals surface area contributed by atoms with Gasteiger partial charge < -0.3 is 15.6 Å².